The highest BCUT2D eigenvalue weighted by atomic mass is 35.5. The minimum absolute atomic E-state index is 0.367. The molecule has 98 valence electrons. The Morgan fingerprint density at radius 3 is 2.74 bits per heavy atom. The van der Waals surface area contributed by atoms with Crippen LogP contribution in [0.2, 0.25) is 5.02 Å². The standard InChI is InChI=1S/C13H11ClN2O2S/c14-10-7-15-8-16-12(10)19-11(13(17)18)6-9-4-2-1-3-5-9/h1-5,7-8,11H,6H2,(H,17,18). The van der Waals surface area contributed by atoms with E-state index in [9.17, 15) is 9.90 Å². The van der Waals surface area contributed by atoms with Crippen molar-refractivity contribution in [3.05, 3.63) is 53.4 Å². The summed E-state index contributed by atoms with van der Waals surface area (Å²) in [5, 5.41) is 9.50. The van der Waals surface area contributed by atoms with E-state index in [0.717, 1.165) is 17.3 Å². The second-order valence-corrected chi connectivity index (χ2v) is 5.41. The number of aromatic nitrogens is 2. The second kappa shape index (κ2) is 6.54. The van der Waals surface area contributed by atoms with E-state index in [4.69, 9.17) is 11.6 Å². The van der Waals surface area contributed by atoms with Gasteiger partial charge in [-0.3, -0.25) is 4.79 Å². The Balaban J connectivity index is 2.13. The predicted octanol–water partition coefficient (Wildman–Crippen LogP) is 2.92. The largest absolute Gasteiger partial charge is 0.480 e. The number of aliphatic carboxylic acids is 1. The topological polar surface area (TPSA) is 63.1 Å². The lowest BCUT2D eigenvalue weighted by Crippen LogP contribution is -2.19. The van der Waals surface area contributed by atoms with E-state index in [0.29, 0.717) is 16.5 Å². The first kappa shape index (κ1) is 13.8. The quantitative estimate of drug-likeness (QED) is 0.678. The zero-order chi connectivity index (χ0) is 13.7. The lowest BCUT2D eigenvalue weighted by molar-refractivity contribution is -0.136. The van der Waals surface area contributed by atoms with E-state index < -0.39 is 11.2 Å². The summed E-state index contributed by atoms with van der Waals surface area (Å²) >= 11 is 7.07. The first-order valence-corrected chi connectivity index (χ1v) is 6.81. The normalized spacial score (nSPS) is 12.1. The van der Waals surface area contributed by atoms with Crippen LogP contribution in [0.1, 0.15) is 5.56 Å². The molecule has 2 rings (SSSR count). The Morgan fingerprint density at radius 2 is 2.11 bits per heavy atom. The number of hydrogen-bond acceptors (Lipinski definition) is 4. The van der Waals surface area contributed by atoms with Gasteiger partial charge in [-0.15, -0.1) is 0 Å². The predicted molar refractivity (Wildman–Crippen MR) is 74.5 cm³/mol. The van der Waals surface area contributed by atoms with Crippen molar-refractivity contribution >= 4 is 29.3 Å². The van der Waals surface area contributed by atoms with Crippen molar-refractivity contribution in [3.8, 4) is 0 Å². The van der Waals surface area contributed by atoms with Gasteiger partial charge in [0.25, 0.3) is 0 Å². The van der Waals surface area contributed by atoms with Crippen molar-refractivity contribution in [2.24, 2.45) is 0 Å². The minimum Gasteiger partial charge on any atom is -0.480 e. The first-order valence-electron chi connectivity index (χ1n) is 5.55. The summed E-state index contributed by atoms with van der Waals surface area (Å²) in [6, 6.07) is 9.47. The summed E-state index contributed by atoms with van der Waals surface area (Å²) in [5.41, 5.74) is 0.965. The van der Waals surface area contributed by atoms with Crippen LogP contribution >= 0.6 is 23.4 Å². The number of hydrogen-bond donors (Lipinski definition) is 1. The Labute approximate surface area is 119 Å². The van der Waals surface area contributed by atoms with E-state index in [-0.39, 0.29) is 0 Å². The molecule has 0 aliphatic heterocycles. The van der Waals surface area contributed by atoms with Crippen LogP contribution < -0.4 is 0 Å². The molecule has 0 spiro atoms. The van der Waals surface area contributed by atoms with Crippen molar-refractivity contribution in [2.75, 3.05) is 0 Å². The van der Waals surface area contributed by atoms with Crippen LogP contribution in [0, 0.1) is 0 Å². The molecule has 0 fully saturated rings. The van der Waals surface area contributed by atoms with Gasteiger partial charge in [0.05, 0.1) is 11.2 Å². The summed E-state index contributed by atoms with van der Waals surface area (Å²) in [7, 11) is 0. The molecule has 19 heavy (non-hydrogen) atoms. The number of carboxylic acid groups (broad SMARTS) is 1. The number of nitrogens with zero attached hydrogens (tertiary/aromatic N) is 2. The second-order valence-electron chi connectivity index (χ2n) is 3.81. The van der Waals surface area contributed by atoms with Crippen LogP contribution in [-0.2, 0) is 11.2 Å². The zero-order valence-electron chi connectivity index (χ0n) is 9.86. The summed E-state index contributed by atoms with van der Waals surface area (Å²) in [6.07, 6.45) is 3.23. The molecule has 1 heterocycles. The molecule has 0 aliphatic carbocycles. The van der Waals surface area contributed by atoms with Gasteiger partial charge in [-0.2, -0.15) is 0 Å². The van der Waals surface area contributed by atoms with Gasteiger partial charge in [0.2, 0.25) is 0 Å². The SMILES string of the molecule is O=C(O)C(Cc1ccccc1)Sc1ncncc1Cl. The lowest BCUT2D eigenvalue weighted by atomic mass is 10.1. The summed E-state index contributed by atoms with van der Waals surface area (Å²) in [4.78, 5) is 19.1. The number of carboxylic acids is 1. The fourth-order valence-corrected chi connectivity index (χ4v) is 2.69. The molecule has 4 nitrogen and oxygen atoms in total. The highest BCUT2D eigenvalue weighted by Gasteiger charge is 2.21. The van der Waals surface area contributed by atoms with Crippen molar-refractivity contribution in [2.45, 2.75) is 16.7 Å². The van der Waals surface area contributed by atoms with Crippen LogP contribution in [0.15, 0.2) is 47.9 Å². The van der Waals surface area contributed by atoms with E-state index >= 15 is 0 Å². The number of benzene rings is 1. The molecule has 0 saturated carbocycles. The molecule has 1 N–H and O–H groups in total. The monoisotopic (exact) mass is 294 g/mol. The molecule has 1 atom stereocenters. The first-order chi connectivity index (χ1) is 9.16. The molecule has 1 unspecified atom stereocenters. The van der Waals surface area contributed by atoms with Gasteiger partial charge in [0.1, 0.15) is 16.6 Å². The third-order valence-electron chi connectivity index (χ3n) is 2.43. The van der Waals surface area contributed by atoms with Gasteiger partial charge in [-0.1, -0.05) is 53.7 Å². The van der Waals surface area contributed by atoms with Crippen LogP contribution in [0.3, 0.4) is 0 Å². The number of carbonyl (C=O) groups is 1. The highest BCUT2D eigenvalue weighted by Crippen LogP contribution is 2.29. The third-order valence-corrected chi connectivity index (χ3v) is 4.02. The van der Waals surface area contributed by atoms with Crippen molar-refractivity contribution in [1.82, 2.24) is 9.97 Å². The Kier molecular flexibility index (Phi) is 4.76. The molecule has 0 radical (unpaired) electrons. The molecule has 0 saturated heterocycles. The third kappa shape index (κ3) is 3.94. The average molecular weight is 295 g/mol. The number of thioether (sulfide) groups is 1. The zero-order valence-corrected chi connectivity index (χ0v) is 11.4. The van der Waals surface area contributed by atoms with Gasteiger partial charge >= 0.3 is 5.97 Å². The molecule has 6 heteroatoms. The molecule has 0 bridgehead atoms. The molecule has 0 aliphatic rings. The molecule has 2 aromatic rings. The van der Waals surface area contributed by atoms with Crippen LogP contribution in [0.25, 0.3) is 0 Å². The molecular weight excluding hydrogens is 284 g/mol. The van der Waals surface area contributed by atoms with Crippen molar-refractivity contribution in [1.29, 1.82) is 0 Å². The summed E-state index contributed by atoms with van der Waals surface area (Å²) in [5.74, 6) is -0.886. The average Bonchev–Trinajstić information content (AvgIpc) is 2.41. The molecule has 0 amide bonds. The minimum atomic E-state index is -0.886. The smallest absolute Gasteiger partial charge is 0.317 e. The van der Waals surface area contributed by atoms with Crippen LogP contribution in [-0.4, -0.2) is 26.3 Å². The van der Waals surface area contributed by atoms with E-state index in [1.54, 1.807) is 0 Å². The fourth-order valence-electron chi connectivity index (χ4n) is 1.53. The van der Waals surface area contributed by atoms with E-state index in [2.05, 4.69) is 9.97 Å². The number of rotatable bonds is 5. The van der Waals surface area contributed by atoms with E-state index in [1.165, 1.54) is 12.5 Å². The molecular formula is C13H11ClN2O2S. The van der Waals surface area contributed by atoms with Gasteiger partial charge in [-0.05, 0) is 12.0 Å². The van der Waals surface area contributed by atoms with Crippen LogP contribution in [0.4, 0.5) is 0 Å². The Morgan fingerprint density at radius 1 is 1.37 bits per heavy atom. The van der Waals surface area contributed by atoms with Gasteiger partial charge in [-0.25, -0.2) is 9.97 Å². The maximum absolute atomic E-state index is 11.3. The van der Waals surface area contributed by atoms with Crippen LogP contribution in [0.5, 0.6) is 0 Å². The van der Waals surface area contributed by atoms with Gasteiger partial charge in [0, 0.05) is 0 Å². The van der Waals surface area contributed by atoms with Crippen molar-refractivity contribution < 1.29 is 9.90 Å². The van der Waals surface area contributed by atoms with Crippen molar-refractivity contribution in [3.63, 3.8) is 0 Å². The Bertz CT molecular complexity index is 566. The highest BCUT2D eigenvalue weighted by molar-refractivity contribution is 8.00. The van der Waals surface area contributed by atoms with E-state index in [1.807, 2.05) is 30.3 Å². The Hall–Kier alpha value is -1.59. The maximum Gasteiger partial charge on any atom is 0.317 e. The number of halogens is 1. The molecule has 1 aromatic heterocycles. The van der Waals surface area contributed by atoms with Gasteiger partial charge < -0.3 is 5.11 Å². The fraction of sp³-hybridized carbons (Fsp3) is 0.154. The maximum atomic E-state index is 11.3. The van der Waals surface area contributed by atoms with Gasteiger partial charge in [0.15, 0.2) is 0 Å². The summed E-state index contributed by atoms with van der Waals surface area (Å²) in [6.45, 7) is 0. The lowest BCUT2D eigenvalue weighted by Gasteiger charge is -2.12. The molecule has 1 aromatic carbocycles. The summed E-state index contributed by atoms with van der Waals surface area (Å²) < 4.78 is 0.